The minimum atomic E-state index is -0.973. The Balaban J connectivity index is 1.50. The predicted octanol–water partition coefficient (Wildman–Crippen LogP) is 6.49. The number of aliphatic carboxylic acids is 2. The first-order valence-corrected chi connectivity index (χ1v) is 17.7. The largest absolute Gasteiger partial charge is 0.494 e. The number of rotatable bonds is 7. The Kier molecular flexibility index (Phi) is 9.46. The quantitative estimate of drug-likeness (QED) is 0.206. The number of carboxylic acids is 2. The number of likely N-dealkylation sites (N-methyl/N-ethyl adjacent to an activating group) is 2. The zero-order valence-electron chi connectivity index (χ0n) is 30.6. The van der Waals surface area contributed by atoms with Crippen LogP contribution in [-0.2, 0) is 35.3 Å². The summed E-state index contributed by atoms with van der Waals surface area (Å²) in [5.74, 6) is -0.396. The van der Waals surface area contributed by atoms with E-state index in [4.69, 9.17) is 23.7 Å². The van der Waals surface area contributed by atoms with Gasteiger partial charge >= 0.3 is 11.9 Å². The van der Waals surface area contributed by atoms with Crippen LogP contribution in [0.15, 0.2) is 60.7 Å². The number of hydrogen-bond donors (Lipinski definition) is 2. The fourth-order valence-corrected chi connectivity index (χ4v) is 8.54. The van der Waals surface area contributed by atoms with Crippen LogP contribution in [0.1, 0.15) is 45.5 Å². The lowest BCUT2D eigenvalue weighted by Gasteiger charge is -2.45. The molecular weight excluding hydrogens is 683 g/mol. The topological polar surface area (TPSA) is 121 Å². The van der Waals surface area contributed by atoms with Crippen LogP contribution in [0.4, 0.5) is 4.39 Å². The fourth-order valence-electron chi connectivity index (χ4n) is 8.54. The first-order chi connectivity index (χ1) is 25.3. The number of carbonyl (C=O) groups is 2. The number of halogens is 1. The van der Waals surface area contributed by atoms with Gasteiger partial charge in [0.15, 0.2) is 47.6 Å². The lowest BCUT2D eigenvalue weighted by molar-refractivity contribution is -0.934. The number of carboxylic acid groups (broad SMARTS) is 2. The Bertz CT molecular complexity index is 2090. The average Bonchev–Trinajstić information content (AvgIpc) is 3.11. The number of hydrogen-bond acceptors (Lipinski definition) is 7. The van der Waals surface area contributed by atoms with E-state index in [1.165, 1.54) is 14.2 Å². The van der Waals surface area contributed by atoms with Gasteiger partial charge in [-0.15, -0.1) is 0 Å². The average molecular weight is 729 g/mol. The summed E-state index contributed by atoms with van der Waals surface area (Å²) in [6.07, 6.45) is 1.91. The Hall–Kier alpha value is -5.33. The molecule has 4 aromatic carbocycles. The van der Waals surface area contributed by atoms with Gasteiger partial charge in [-0.3, -0.25) is 0 Å². The summed E-state index contributed by atoms with van der Waals surface area (Å²) < 4.78 is 47.4. The van der Waals surface area contributed by atoms with E-state index in [0.717, 1.165) is 27.8 Å². The van der Waals surface area contributed by atoms with Crippen molar-refractivity contribution in [2.45, 2.75) is 37.8 Å². The molecule has 0 radical (unpaired) electrons. The summed E-state index contributed by atoms with van der Waals surface area (Å²) in [5, 5.41) is 20.2. The van der Waals surface area contributed by atoms with Gasteiger partial charge in [0.25, 0.3) is 0 Å². The fraction of sp³-hybridized carbons (Fsp3) is 0.366. The minimum absolute atomic E-state index is 0.0117. The summed E-state index contributed by atoms with van der Waals surface area (Å²) in [6, 6.07) is 17.9. The molecule has 0 fully saturated rings. The summed E-state index contributed by atoms with van der Waals surface area (Å²) >= 11 is 0. The van der Waals surface area contributed by atoms with Crippen LogP contribution in [0.2, 0.25) is 0 Å². The van der Waals surface area contributed by atoms with Crippen LogP contribution < -0.4 is 23.7 Å². The van der Waals surface area contributed by atoms with E-state index in [9.17, 15) is 19.8 Å². The maximum Gasteiger partial charge on any atom is 0.359 e. The van der Waals surface area contributed by atoms with Crippen molar-refractivity contribution in [2.24, 2.45) is 0 Å². The number of quaternary nitrogens is 2. The Labute approximate surface area is 307 Å². The molecule has 0 aromatic heterocycles. The zero-order valence-corrected chi connectivity index (χ0v) is 30.6. The van der Waals surface area contributed by atoms with Crippen molar-refractivity contribution < 1.29 is 56.8 Å². The molecule has 8 rings (SSSR count). The summed E-state index contributed by atoms with van der Waals surface area (Å²) in [7, 11) is 8.34. The van der Waals surface area contributed by atoms with Gasteiger partial charge in [0, 0.05) is 31.2 Å². The highest BCUT2D eigenvalue weighted by molar-refractivity contribution is 5.68. The van der Waals surface area contributed by atoms with Crippen molar-refractivity contribution in [1.29, 1.82) is 0 Å². The van der Waals surface area contributed by atoms with E-state index >= 15 is 4.39 Å². The first kappa shape index (κ1) is 36.0. The molecule has 278 valence electrons. The van der Waals surface area contributed by atoms with Gasteiger partial charge in [0.2, 0.25) is 5.82 Å². The Morgan fingerprint density at radius 1 is 0.717 bits per heavy atom. The number of fused-ring (bicyclic) bond motifs is 2. The van der Waals surface area contributed by atoms with Crippen molar-refractivity contribution >= 4 is 11.9 Å². The monoisotopic (exact) mass is 728 g/mol. The third kappa shape index (κ3) is 6.73. The van der Waals surface area contributed by atoms with Gasteiger partial charge in [0.05, 0.1) is 54.1 Å². The van der Waals surface area contributed by atoms with Crippen LogP contribution in [-0.4, -0.2) is 92.7 Å². The van der Waals surface area contributed by atoms with Crippen LogP contribution in [0.25, 0.3) is 0 Å². The van der Waals surface area contributed by atoms with E-state index in [0.29, 0.717) is 67.3 Å². The molecule has 4 aromatic rings. The highest BCUT2D eigenvalue weighted by Crippen LogP contribution is 2.50. The second kappa shape index (κ2) is 13.9. The maximum atomic E-state index is 16.8. The second-order valence-electron chi connectivity index (χ2n) is 14.8. The Morgan fingerprint density at radius 2 is 1.28 bits per heavy atom. The zero-order chi connectivity index (χ0) is 37.7. The van der Waals surface area contributed by atoms with Crippen molar-refractivity contribution in [3.05, 3.63) is 99.9 Å². The van der Waals surface area contributed by atoms with Crippen LogP contribution >= 0.6 is 0 Å². The highest BCUT2D eigenvalue weighted by atomic mass is 19.1. The second-order valence-corrected chi connectivity index (χ2v) is 14.8. The molecule has 2 N–H and O–H groups in total. The van der Waals surface area contributed by atoms with Crippen molar-refractivity contribution in [3.8, 4) is 40.2 Å². The van der Waals surface area contributed by atoms with Gasteiger partial charge in [-0.1, -0.05) is 18.2 Å². The van der Waals surface area contributed by atoms with Crippen molar-refractivity contribution in [1.82, 2.24) is 0 Å². The molecule has 4 atom stereocenters. The van der Waals surface area contributed by atoms with Gasteiger partial charge < -0.3 is 42.9 Å². The summed E-state index contributed by atoms with van der Waals surface area (Å²) in [4.78, 5) is 24.7. The lowest BCUT2D eigenvalue weighted by Crippen LogP contribution is -2.54. The van der Waals surface area contributed by atoms with Crippen LogP contribution in [0, 0.1) is 5.82 Å². The predicted molar refractivity (Wildman–Crippen MR) is 193 cm³/mol. The lowest BCUT2D eigenvalue weighted by atomic mass is 9.85. The number of ether oxygens (including phenoxy) is 5. The van der Waals surface area contributed by atoms with Crippen molar-refractivity contribution in [2.75, 3.05) is 61.6 Å². The number of benzene rings is 4. The molecule has 11 nitrogen and oxygen atoms in total. The minimum Gasteiger partial charge on any atom is -0.494 e. The molecule has 4 heterocycles. The molecule has 0 amide bonds. The van der Waals surface area contributed by atoms with E-state index in [1.807, 2.05) is 68.7 Å². The molecule has 0 spiro atoms. The first-order valence-electron chi connectivity index (χ1n) is 17.7. The molecule has 4 aliphatic heterocycles. The molecule has 0 saturated heterocycles. The maximum absolute atomic E-state index is 16.8. The van der Waals surface area contributed by atoms with Crippen LogP contribution in [0.5, 0.6) is 40.2 Å². The van der Waals surface area contributed by atoms with Gasteiger partial charge in [-0.2, -0.15) is 4.39 Å². The van der Waals surface area contributed by atoms with Crippen molar-refractivity contribution in [3.63, 3.8) is 0 Å². The molecule has 0 aliphatic carbocycles. The summed E-state index contributed by atoms with van der Waals surface area (Å²) in [5.41, 5.74) is 5.04. The molecule has 4 unspecified atom stereocenters. The van der Waals surface area contributed by atoms with E-state index in [-0.39, 0.29) is 45.3 Å². The number of nitrogens with zero attached hydrogens (tertiary/aromatic N) is 2. The molecule has 6 bridgehead atoms. The van der Waals surface area contributed by atoms with Gasteiger partial charge in [-0.05, 0) is 64.7 Å². The molecule has 12 heteroatoms. The van der Waals surface area contributed by atoms with E-state index in [1.54, 1.807) is 13.2 Å². The van der Waals surface area contributed by atoms with Gasteiger partial charge in [-0.25, -0.2) is 9.59 Å². The third-order valence-electron chi connectivity index (χ3n) is 11.4. The normalized spacial score (nSPS) is 23.0. The standard InChI is InChI=1S/C41H43FN2O9/c1-43(22-37(45)46)14-12-26-19-33(50-4)35-21-29(26)30(43)16-24-6-9-28(10-7-24)52-34-18-25(8-11-32(34)49-3)17-31-39-27(13-15-44(31,2)23-38(47)48)20-36(51-5)40(42)41(39)53-35/h6-11,18-21,30-31H,12-17,22-23H2,1-5H3/p+2. The summed E-state index contributed by atoms with van der Waals surface area (Å²) in [6.45, 7) is 0.773. The molecule has 4 aliphatic rings. The third-order valence-corrected chi connectivity index (χ3v) is 11.4. The SMILES string of the molecule is COc1ccc2cc1Oc1ccc(cc1)CC1c3cc(c(OC)cc3CC[N+]1(C)CC(=O)O)Oc1c(F)c(OC)cc3c1C(C2)[N+](C)(CC(=O)O)CC3. The molecular formula is C41H45FN2O9+2. The number of methoxy groups -OCH3 is 3. The Morgan fingerprint density at radius 3 is 1.92 bits per heavy atom. The van der Waals surface area contributed by atoms with E-state index in [2.05, 4.69) is 0 Å². The smallest absolute Gasteiger partial charge is 0.359 e. The van der Waals surface area contributed by atoms with Gasteiger partial charge in [0.1, 0.15) is 17.8 Å². The highest BCUT2D eigenvalue weighted by Gasteiger charge is 2.45. The van der Waals surface area contributed by atoms with Crippen LogP contribution in [0.3, 0.4) is 0 Å². The molecule has 0 saturated carbocycles. The van der Waals surface area contributed by atoms with E-state index < -0.39 is 23.8 Å². The molecule has 53 heavy (non-hydrogen) atoms.